The van der Waals surface area contributed by atoms with Crippen LogP contribution in [0.15, 0.2) is 83.5 Å². The smallest absolute Gasteiger partial charge is 0.272 e. The molecule has 6 nitrogen and oxygen atoms in total. The van der Waals surface area contributed by atoms with Crippen molar-refractivity contribution in [2.75, 3.05) is 25.0 Å². The molecule has 1 amide bonds. The Bertz CT molecular complexity index is 1230. The lowest BCUT2D eigenvalue weighted by Crippen LogP contribution is -2.34. The summed E-state index contributed by atoms with van der Waals surface area (Å²) < 4.78 is 0. The highest BCUT2D eigenvalue weighted by molar-refractivity contribution is 6.43. The number of rotatable bonds is 4. The molecule has 1 saturated heterocycles. The molecule has 0 bridgehead atoms. The van der Waals surface area contributed by atoms with E-state index in [-0.39, 0.29) is 5.91 Å². The summed E-state index contributed by atoms with van der Waals surface area (Å²) in [5.74, 6) is 1.37. The Kier molecular flexibility index (Phi) is 5.04. The summed E-state index contributed by atoms with van der Waals surface area (Å²) in [6, 6.07) is 17.9. The molecule has 0 aliphatic carbocycles. The number of aromatic nitrogens is 2. The maximum atomic E-state index is 12.9. The molecule has 2 aromatic carbocycles. The molecule has 6 heteroatoms. The molecule has 1 fully saturated rings. The Morgan fingerprint density at radius 2 is 1.81 bits per heavy atom. The van der Waals surface area contributed by atoms with Gasteiger partial charge in [-0.05, 0) is 24.6 Å². The van der Waals surface area contributed by atoms with E-state index in [0.717, 1.165) is 46.4 Å². The van der Waals surface area contributed by atoms with Crippen LogP contribution in [0.3, 0.4) is 0 Å². The summed E-state index contributed by atoms with van der Waals surface area (Å²) in [5.41, 5.74) is 4.34. The first-order valence-electron chi connectivity index (χ1n) is 10.5. The van der Waals surface area contributed by atoms with Gasteiger partial charge in [-0.1, -0.05) is 54.6 Å². The molecule has 3 aromatic rings. The van der Waals surface area contributed by atoms with Crippen molar-refractivity contribution in [1.82, 2.24) is 14.9 Å². The number of nitrogens with zero attached hydrogens (tertiary/aromatic N) is 4. The Labute approximate surface area is 181 Å². The van der Waals surface area contributed by atoms with Gasteiger partial charge in [0.2, 0.25) is 0 Å². The minimum atomic E-state index is -0.0322. The number of para-hydroxylation sites is 1. The van der Waals surface area contributed by atoms with Gasteiger partial charge in [0.15, 0.2) is 5.82 Å². The van der Waals surface area contributed by atoms with Gasteiger partial charge in [-0.3, -0.25) is 9.79 Å². The Morgan fingerprint density at radius 3 is 2.61 bits per heavy atom. The van der Waals surface area contributed by atoms with Gasteiger partial charge in [-0.2, -0.15) is 0 Å². The molecular formula is C25H23N5O. The Hall–Kier alpha value is -3.80. The number of hydrogen-bond acceptors (Lipinski definition) is 5. The minimum absolute atomic E-state index is 0.0322. The van der Waals surface area contributed by atoms with E-state index in [0.29, 0.717) is 31.2 Å². The highest BCUT2D eigenvalue weighted by Crippen LogP contribution is 2.27. The zero-order chi connectivity index (χ0) is 21.2. The molecule has 0 saturated carbocycles. The minimum Gasteiger partial charge on any atom is -0.343 e. The molecule has 1 aromatic heterocycles. The summed E-state index contributed by atoms with van der Waals surface area (Å²) in [6.45, 7) is 5.89. The van der Waals surface area contributed by atoms with Crippen molar-refractivity contribution >= 4 is 28.3 Å². The van der Waals surface area contributed by atoms with Crippen molar-refractivity contribution < 1.29 is 4.79 Å². The van der Waals surface area contributed by atoms with E-state index in [1.54, 1.807) is 0 Å². The predicted molar refractivity (Wildman–Crippen MR) is 124 cm³/mol. The van der Waals surface area contributed by atoms with Crippen molar-refractivity contribution in [3.8, 4) is 11.4 Å². The highest BCUT2D eigenvalue weighted by Gasteiger charge is 2.25. The largest absolute Gasteiger partial charge is 0.343 e. The van der Waals surface area contributed by atoms with Gasteiger partial charge in [0.25, 0.3) is 5.91 Å². The molecule has 0 radical (unpaired) electrons. The number of fused-ring (bicyclic) bond motifs is 1. The van der Waals surface area contributed by atoms with Gasteiger partial charge in [0.1, 0.15) is 11.5 Å². The van der Waals surface area contributed by atoms with Crippen LogP contribution in [0.5, 0.6) is 0 Å². The number of carbonyl (C=O) groups is 1. The standard InChI is InChI=1S/C25H23N5O/c1-17-12-14-30(16-17)25(31)22-15-19(11-13-26-22)27-24-20-9-5-6-10-21(20)28-23(29-24)18-7-3-2-4-8-18/h2-10,15H,1,11-14,16H2,(H,27,28,29). The molecule has 3 heterocycles. The summed E-state index contributed by atoms with van der Waals surface area (Å²) in [5, 5.41) is 4.40. The Morgan fingerprint density at radius 1 is 1.00 bits per heavy atom. The van der Waals surface area contributed by atoms with E-state index in [1.165, 1.54) is 0 Å². The van der Waals surface area contributed by atoms with Crippen LogP contribution in [0.2, 0.25) is 0 Å². The molecule has 0 spiro atoms. The monoisotopic (exact) mass is 409 g/mol. The number of benzene rings is 2. The van der Waals surface area contributed by atoms with E-state index in [1.807, 2.05) is 65.6 Å². The van der Waals surface area contributed by atoms with Gasteiger partial charge in [0.05, 0.1) is 5.52 Å². The second-order valence-corrected chi connectivity index (χ2v) is 7.82. The number of aliphatic imine (C=N–C) groups is 1. The van der Waals surface area contributed by atoms with Gasteiger partial charge in [0, 0.05) is 42.7 Å². The number of anilines is 1. The van der Waals surface area contributed by atoms with Crippen LogP contribution in [0, 0.1) is 0 Å². The first-order chi connectivity index (χ1) is 15.2. The summed E-state index contributed by atoms with van der Waals surface area (Å²) in [7, 11) is 0. The maximum absolute atomic E-state index is 12.9. The zero-order valence-electron chi connectivity index (χ0n) is 17.2. The lowest BCUT2D eigenvalue weighted by atomic mass is 10.1. The molecule has 154 valence electrons. The van der Waals surface area contributed by atoms with Crippen molar-refractivity contribution in [1.29, 1.82) is 0 Å². The van der Waals surface area contributed by atoms with Gasteiger partial charge in [-0.15, -0.1) is 0 Å². The highest BCUT2D eigenvalue weighted by atomic mass is 16.2. The van der Waals surface area contributed by atoms with E-state index in [4.69, 9.17) is 9.97 Å². The predicted octanol–water partition coefficient (Wildman–Crippen LogP) is 4.23. The summed E-state index contributed by atoms with van der Waals surface area (Å²) in [6.07, 6.45) is 3.44. The van der Waals surface area contributed by atoms with Gasteiger partial charge >= 0.3 is 0 Å². The fraction of sp³-hybridized carbons (Fsp3) is 0.200. The maximum Gasteiger partial charge on any atom is 0.272 e. The second-order valence-electron chi connectivity index (χ2n) is 7.82. The van der Waals surface area contributed by atoms with Gasteiger partial charge in [-0.25, -0.2) is 9.97 Å². The lowest BCUT2D eigenvalue weighted by Gasteiger charge is -2.19. The van der Waals surface area contributed by atoms with Crippen LogP contribution < -0.4 is 5.32 Å². The number of nitrogens with one attached hydrogen (secondary N) is 1. The number of carbonyl (C=O) groups excluding carboxylic acids is 1. The van der Waals surface area contributed by atoms with Crippen LogP contribution in [-0.2, 0) is 4.79 Å². The fourth-order valence-electron chi connectivity index (χ4n) is 3.90. The molecule has 31 heavy (non-hydrogen) atoms. The third-order valence-corrected chi connectivity index (χ3v) is 5.54. The number of hydrogen-bond donors (Lipinski definition) is 1. The molecule has 1 N–H and O–H groups in total. The molecule has 2 aliphatic heterocycles. The van der Waals surface area contributed by atoms with Crippen molar-refractivity contribution in [3.63, 3.8) is 0 Å². The van der Waals surface area contributed by atoms with Crippen LogP contribution in [-0.4, -0.2) is 46.1 Å². The molecule has 0 unspecified atom stereocenters. The van der Waals surface area contributed by atoms with E-state index in [9.17, 15) is 4.79 Å². The second kappa shape index (κ2) is 8.14. The topological polar surface area (TPSA) is 70.5 Å². The fourth-order valence-corrected chi connectivity index (χ4v) is 3.90. The Balaban J connectivity index is 1.47. The number of amides is 1. The van der Waals surface area contributed by atoms with Gasteiger partial charge < -0.3 is 10.2 Å². The summed E-state index contributed by atoms with van der Waals surface area (Å²) in [4.78, 5) is 28.7. The zero-order valence-corrected chi connectivity index (χ0v) is 17.2. The average Bonchev–Trinajstić information content (AvgIpc) is 3.25. The number of dihydropyridines is 1. The number of likely N-dealkylation sites (tertiary alicyclic amines) is 1. The molecular weight excluding hydrogens is 386 g/mol. The van der Waals surface area contributed by atoms with Crippen LogP contribution in [0.4, 0.5) is 5.82 Å². The molecule has 0 atom stereocenters. The van der Waals surface area contributed by atoms with Crippen LogP contribution in [0.25, 0.3) is 22.3 Å². The van der Waals surface area contributed by atoms with Crippen molar-refractivity contribution in [2.45, 2.75) is 12.8 Å². The first-order valence-corrected chi connectivity index (χ1v) is 10.5. The average molecular weight is 409 g/mol. The third-order valence-electron chi connectivity index (χ3n) is 5.54. The third kappa shape index (κ3) is 3.97. The normalized spacial score (nSPS) is 16.3. The SMILES string of the molecule is C=C1CCN(C(=O)C2=NCCC(Nc3nc(-c4ccccc4)nc4ccccc34)=C2)C1. The molecule has 5 rings (SSSR count). The summed E-state index contributed by atoms with van der Waals surface area (Å²) >= 11 is 0. The van der Waals surface area contributed by atoms with E-state index >= 15 is 0 Å². The lowest BCUT2D eigenvalue weighted by molar-refractivity contribution is -0.122. The first kappa shape index (κ1) is 19.2. The van der Waals surface area contributed by atoms with Crippen molar-refractivity contribution in [3.05, 3.63) is 78.5 Å². The van der Waals surface area contributed by atoms with E-state index < -0.39 is 0 Å². The van der Waals surface area contributed by atoms with Crippen LogP contribution >= 0.6 is 0 Å². The quantitative estimate of drug-likeness (QED) is 0.655. The molecule has 2 aliphatic rings. The van der Waals surface area contributed by atoms with Crippen LogP contribution in [0.1, 0.15) is 12.8 Å². The van der Waals surface area contributed by atoms with Crippen molar-refractivity contribution in [2.24, 2.45) is 4.99 Å². The van der Waals surface area contributed by atoms with E-state index in [2.05, 4.69) is 16.9 Å².